The molecule has 0 fully saturated rings. The number of carboxylic acid groups (broad SMARTS) is 1. The zero-order chi connectivity index (χ0) is 16.1. The summed E-state index contributed by atoms with van der Waals surface area (Å²) in [6.45, 7) is 1.85. The first-order valence-electron chi connectivity index (χ1n) is 6.79. The largest absolute Gasteiger partial charge is 0.548 e. The fourth-order valence-corrected chi connectivity index (χ4v) is 2.18. The number of hydrogen-bond acceptors (Lipinski definition) is 4. The molecule has 114 valence electrons. The molecule has 0 aliphatic carbocycles. The zero-order valence-corrected chi connectivity index (χ0v) is 12.8. The molecule has 22 heavy (non-hydrogen) atoms. The number of carbonyl (C=O) groups is 2. The third kappa shape index (κ3) is 4.09. The van der Waals surface area contributed by atoms with E-state index in [4.69, 9.17) is 11.6 Å². The number of aryl methyl sites for hydroxylation is 1. The standard InChI is InChI=1S/C17H16ClNO3/c1-11-7-8-13(9-14(11)18)19-15(17(21)22)10-16(20)12-5-3-2-4-6-12/h2-9,15,19H,10H2,1H3,(H,21,22)/p-1/t15-/m0/s1. The van der Waals surface area contributed by atoms with Crippen LogP contribution < -0.4 is 10.4 Å². The molecule has 0 aliphatic rings. The number of halogens is 1. The van der Waals surface area contributed by atoms with E-state index in [1.807, 2.05) is 6.92 Å². The van der Waals surface area contributed by atoms with Crippen LogP contribution in [0.2, 0.25) is 5.02 Å². The number of Topliss-reactive ketones (excluding diaryl/α,β-unsaturated/α-hetero) is 1. The number of carbonyl (C=O) groups excluding carboxylic acids is 2. The van der Waals surface area contributed by atoms with Crippen LogP contribution in [-0.4, -0.2) is 17.8 Å². The summed E-state index contributed by atoms with van der Waals surface area (Å²) in [7, 11) is 0. The van der Waals surface area contributed by atoms with Crippen molar-refractivity contribution >= 4 is 29.0 Å². The Bertz CT molecular complexity index is 686. The maximum absolute atomic E-state index is 12.1. The van der Waals surface area contributed by atoms with Gasteiger partial charge in [-0.05, 0) is 24.6 Å². The molecule has 1 atom stereocenters. The van der Waals surface area contributed by atoms with Crippen LogP contribution in [0.4, 0.5) is 5.69 Å². The maximum Gasteiger partial charge on any atom is 0.165 e. The van der Waals surface area contributed by atoms with Gasteiger partial charge in [0.1, 0.15) is 0 Å². The second kappa shape index (κ2) is 7.09. The Labute approximate surface area is 133 Å². The van der Waals surface area contributed by atoms with Gasteiger partial charge in [0, 0.05) is 22.7 Å². The third-order valence-corrected chi connectivity index (χ3v) is 3.69. The monoisotopic (exact) mass is 316 g/mol. The summed E-state index contributed by atoms with van der Waals surface area (Å²) in [5.74, 6) is -1.60. The fraction of sp³-hybridized carbons (Fsp3) is 0.176. The zero-order valence-electron chi connectivity index (χ0n) is 12.0. The summed E-state index contributed by atoms with van der Waals surface area (Å²) in [6, 6.07) is 12.5. The van der Waals surface area contributed by atoms with E-state index in [9.17, 15) is 14.7 Å². The van der Waals surface area contributed by atoms with E-state index in [-0.39, 0.29) is 12.2 Å². The minimum Gasteiger partial charge on any atom is -0.548 e. The van der Waals surface area contributed by atoms with Gasteiger partial charge >= 0.3 is 0 Å². The summed E-state index contributed by atoms with van der Waals surface area (Å²) in [5.41, 5.74) is 1.89. The number of aliphatic carboxylic acids is 1. The average Bonchev–Trinajstić information content (AvgIpc) is 2.51. The molecule has 0 aromatic heterocycles. The number of hydrogen-bond donors (Lipinski definition) is 1. The highest BCUT2D eigenvalue weighted by Gasteiger charge is 2.16. The fourth-order valence-electron chi connectivity index (χ4n) is 2.00. The minimum atomic E-state index is -1.33. The minimum absolute atomic E-state index is 0.197. The van der Waals surface area contributed by atoms with E-state index in [1.54, 1.807) is 48.5 Å². The van der Waals surface area contributed by atoms with Crippen molar-refractivity contribution in [3.05, 3.63) is 64.7 Å². The van der Waals surface area contributed by atoms with Crippen LogP contribution in [0, 0.1) is 6.92 Å². The molecule has 0 amide bonds. The van der Waals surface area contributed by atoms with Crippen molar-refractivity contribution in [2.45, 2.75) is 19.4 Å². The highest BCUT2D eigenvalue weighted by atomic mass is 35.5. The van der Waals surface area contributed by atoms with Gasteiger partial charge in [0.15, 0.2) is 5.78 Å². The molecule has 0 saturated carbocycles. The van der Waals surface area contributed by atoms with Crippen LogP contribution in [0.3, 0.4) is 0 Å². The number of benzene rings is 2. The third-order valence-electron chi connectivity index (χ3n) is 3.28. The highest BCUT2D eigenvalue weighted by Crippen LogP contribution is 2.21. The van der Waals surface area contributed by atoms with Gasteiger partial charge in [-0.25, -0.2) is 0 Å². The van der Waals surface area contributed by atoms with Gasteiger partial charge in [0.2, 0.25) is 0 Å². The van der Waals surface area contributed by atoms with Crippen molar-refractivity contribution in [2.75, 3.05) is 5.32 Å². The van der Waals surface area contributed by atoms with Crippen molar-refractivity contribution in [2.24, 2.45) is 0 Å². The van der Waals surface area contributed by atoms with Crippen LogP contribution in [0.25, 0.3) is 0 Å². The Hall–Kier alpha value is -2.33. The lowest BCUT2D eigenvalue weighted by atomic mass is 10.0. The SMILES string of the molecule is Cc1ccc(N[C@@H](CC(=O)c2ccccc2)C(=O)[O-])cc1Cl. The smallest absolute Gasteiger partial charge is 0.165 e. The predicted octanol–water partition coefficient (Wildman–Crippen LogP) is 2.45. The quantitative estimate of drug-likeness (QED) is 0.831. The van der Waals surface area contributed by atoms with Crippen LogP contribution in [0.1, 0.15) is 22.3 Å². The maximum atomic E-state index is 12.1. The molecule has 0 saturated heterocycles. The molecule has 0 bridgehead atoms. The van der Waals surface area contributed by atoms with E-state index in [2.05, 4.69) is 5.32 Å². The molecule has 2 aromatic carbocycles. The molecule has 2 rings (SSSR count). The van der Waals surface area contributed by atoms with E-state index in [1.165, 1.54) is 0 Å². The van der Waals surface area contributed by atoms with Gasteiger partial charge in [-0.2, -0.15) is 0 Å². The van der Waals surface area contributed by atoms with Crippen molar-refractivity contribution < 1.29 is 14.7 Å². The lowest BCUT2D eigenvalue weighted by Crippen LogP contribution is -2.42. The van der Waals surface area contributed by atoms with E-state index < -0.39 is 12.0 Å². The van der Waals surface area contributed by atoms with Gasteiger partial charge in [0.05, 0.1) is 12.0 Å². The van der Waals surface area contributed by atoms with Gasteiger partial charge in [-0.15, -0.1) is 0 Å². The Kier molecular flexibility index (Phi) is 5.17. The van der Waals surface area contributed by atoms with Gasteiger partial charge in [-0.1, -0.05) is 48.0 Å². The summed E-state index contributed by atoms with van der Waals surface area (Å²) in [4.78, 5) is 23.4. The highest BCUT2D eigenvalue weighted by molar-refractivity contribution is 6.31. The Balaban J connectivity index is 2.12. The number of carboxylic acids is 1. The topological polar surface area (TPSA) is 69.2 Å². The molecule has 0 heterocycles. The number of nitrogens with one attached hydrogen (secondary N) is 1. The molecule has 1 N–H and O–H groups in total. The second-order valence-corrected chi connectivity index (χ2v) is 5.38. The van der Waals surface area contributed by atoms with Crippen molar-refractivity contribution in [1.82, 2.24) is 0 Å². The molecular weight excluding hydrogens is 302 g/mol. The van der Waals surface area contributed by atoms with Crippen LogP contribution in [0.15, 0.2) is 48.5 Å². The number of rotatable bonds is 6. The molecule has 0 radical (unpaired) electrons. The lowest BCUT2D eigenvalue weighted by molar-refractivity contribution is -0.306. The molecule has 2 aromatic rings. The van der Waals surface area contributed by atoms with Crippen LogP contribution >= 0.6 is 11.6 Å². The molecule has 0 unspecified atom stereocenters. The molecule has 0 spiro atoms. The summed E-state index contributed by atoms with van der Waals surface area (Å²) < 4.78 is 0. The molecule has 5 heteroatoms. The van der Waals surface area contributed by atoms with E-state index >= 15 is 0 Å². The molecule has 0 aliphatic heterocycles. The second-order valence-electron chi connectivity index (χ2n) is 4.97. The van der Waals surface area contributed by atoms with Crippen molar-refractivity contribution in [3.8, 4) is 0 Å². The van der Waals surface area contributed by atoms with Crippen molar-refractivity contribution in [1.29, 1.82) is 0 Å². The summed E-state index contributed by atoms with van der Waals surface area (Å²) >= 11 is 6.01. The lowest BCUT2D eigenvalue weighted by Gasteiger charge is -2.20. The first-order valence-corrected chi connectivity index (χ1v) is 7.17. The summed E-state index contributed by atoms with van der Waals surface area (Å²) in [6.07, 6.45) is -0.197. The normalized spacial score (nSPS) is 11.7. The predicted molar refractivity (Wildman–Crippen MR) is 84.0 cm³/mol. The van der Waals surface area contributed by atoms with Crippen molar-refractivity contribution in [3.63, 3.8) is 0 Å². The summed E-state index contributed by atoms with van der Waals surface area (Å²) in [5, 5.41) is 14.6. The first-order chi connectivity index (χ1) is 10.5. The Morgan fingerprint density at radius 1 is 1.18 bits per heavy atom. The Morgan fingerprint density at radius 2 is 1.86 bits per heavy atom. The van der Waals surface area contributed by atoms with Gasteiger partial charge < -0.3 is 15.2 Å². The average molecular weight is 317 g/mol. The molecule has 4 nitrogen and oxygen atoms in total. The first kappa shape index (κ1) is 16.0. The van der Waals surface area contributed by atoms with Gasteiger partial charge in [-0.3, -0.25) is 4.79 Å². The number of anilines is 1. The van der Waals surface area contributed by atoms with Gasteiger partial charge in [0.25, 0.3) is 0 Å². The number of ketones is 1. The van der Waals surface area contributed by atoms with E-state index in [0.717, 1.165) is 5.56 Å². The van der Waals surface area contributed by atoms with Crippen LogP contribution in [0.5, 0.6) is 0 Å². The van der Waals surface area contributed by atoms with Crippen LogP contribution in [-0.2, 0) is 4.79 Å². The molecular formula is C17H15ClNO3-. The van der Waals surface area contributed by atoms with E-state index in [0.29, 0.717) is 16.3 Å². The Morgan fingerprint density at radius 3 is 2.45 bits per heavy atom.